The molecule has 5 rings (SSSR count). The highest BCUT2D eigenvalue weighted by molar-refractivity contribution is 7.98. The first kappa shape index (κ1) is 25.0. The normalized spacial score (nSPS) is 15.8. The molecular formula is C29H31FN2O2S2. The summed E-state index contributed by atoms with van der Waals surface area (Å²) in [4.78, 5) is 21.2. The fraction of sp³-hybridized carbons (Fsp3) is 0.379. The van der Waals surface area contributed by atoms with Crippen molar-refractivity contribution in [3.05, 3.63) is 80.7 Å². The van der Waals surface area contributed by atoms with E-state index in [4.69, 9.17) is 9.72 Å². The van der Waals surface area contributed by atoms with Crippen molar-refractivity contribution in [2.24, 2.45) is 11.3 Å². The Labute approximate surface area is 219 Å². The highest BCUT2D eigenvalue weighted by Gasteiger charge is 2.32. The van der Waals surface area contributed by atoms with Crippen LogP contribution >= 0.6 is 23.1 Å². The van der Waals surface area contributed by atoms with E-state index in [9.17, 15) is 9.18 Å². The van der Waals surface area contributed by atoms with Gasteiger partial charge in [0, 0.05) is 10.6 Å². The Morgan fingerprint density at radius 1 is 1.14 bits per heavy atom. The van der Waals surface area contributed by atoms with Gasteiger partial charge in [-0.15, -0.1) is 11.3 Å². The molecule has 0 amide bonds. The van der Waals surface area contributed by atoms with E-state index in [2.05, 4.69) is 20.8 Å². The number of hydrogen-bond acceptors (Lipinski definition) is 5. The number of aromatic nitrogens is 2. The van der Waals surface area contributed by atoms with E-state index in [1.165, 1.54) is 34.3 Å². The first-order chi connectivity index (χ1) is 17.2. The van der Waals surface area contributed by atoms with Gasteiger partial charge in [-0.2, -0.15) is 0 Å². The van der Waals surface area contributed by atoms with E-state index in [1.54, 1.807) is 28.0 Å². The smallest absolute Gasteiger partial charge is 0.267 e. The van der Waals surface area contributed by atoms with Crippen molar-refractivity contribution < 1.29 is 9.13 Å². The van der Waals surface area contributed by atoms with E-state index >= 15 is 0 Å². The zero-order chi connectivity index (χ0) is 25.4. The fourth-order valence-electron chi connectivity index (χ4n) is 4.86. The first-order valence-corrected chi connectivity index (χ1v) is 14.2. The minimum atomic E-state index is -0.257. The van der Waals surface area contributed by atoms with Crippen LogP contribution in [0.4, 0.5) is 4.39 Å². The number of rotatable bonds is 6. The number of ether oxygens (including phenoxy) is 1. The fourth-order valence-corrected chi connectivity index (χ4v) is 7.17. The number of aryl methyl sites for hydroxylation is 1. The highest BCUT2D eigenvalue weighted by Crippen LogP contribution is 2.42. The molecule has 0 saturated carbocycles. The molecule has 1 aliphatic rings. The van der Waals surface area contributed by atoms with Crippen LogP contribution in [-0.2, 0) is 18.6 Å². The molecule has 7 heteroatoms. The molecule has 4 aromatic rings. The third-order valence-corrected chi connectivity index (χ3v) is 9.12. The van der Waals surface area contributed by atoms with Crippen LogP contribution < -0.4 is 10.3 Å². The van der Waals surface area contributed by atoms with Crippen LogP contribution in [0.1, 0.15) is 50.1 Å². The minimum absolute atomic E-state index is 0.0162. The Balaban J connectivity index is 1.60. The molecule has 2 aromatic carbocycles. The molecule has 0 fully saturated rings. The molecule has 2 aromatic heterocycles. The van der Waals surface area contributed by atoms with Crippen LogP contribution in [0.15, 0.2) is 58.5 Å². The summed E-state index contributed by atoms with van der Waals surface area (Å²) in [6.07, 6.45) is 3.01. The van der Waals surface area contributed by atoms with Gasteiger partial charge in [-0.1, -0.05) is 44.7 Å². The zero-order valence-corrected chi connectivity index (χ0v) is 22.8. The van der Waals surface area contributed by atoms with Crippen LogP contribution in [-0.4, -0.2) is 16.2 Å². The molecule has 4 nitrogen and oxygen atoms in total. The second kappa shape index (κ2) is 10.0. The topological polar surface area (TPSA) is 44.1 Å². The zero-order valence-electron chi connectivity index (χ0n) is 21.1. The standard InChI is InChI=1S/C29H31FN2O2S2/c1-5-34-22-13-11-21(12-14-22)32-27(33)25-23-15-8-19(29(2,3)4)16-24(23)36-26(25)31-28(32)35-17-18-6-9-20(30)10-7-18/h6-7,9-14,19H,5,8,15-17H2,1-4H3. The van der Waals surface area contributed by atoms with Gasteiger partial charge in [-0.05, 0) is 85.0 Å². The van der Waals surface area contributed by atoms with E-state index in [0.29, 0.717) is 23.4 Å². The number of thiophene rings is 1. The van der Waals surface area contributed by atoms with Crippen molar-refractivity contribution in [3.8, 4) is 11.4 Å². The average molecular weight is 523 g/mol. The van der Waals surface area contributed by atoms with Gasteiger partial charge in [0.05, 0.1) is 17.7 Å². The Kier molecular flexibility index (Phi) is 6.97. The molecule has 0 spiro atoms. The van der Waals surface area contributed by atoms with E-state index < -0.39 is 0 Å². The Hall–Kier alpha value is -2.64. The average Bonchev–Trinajstić information content (AvgIpc) is 3.22. The molecule has 0 aliphatic heterocycles. The van der Waals surface area contributed by atoms with Crippen molar-refractivity contribution in [2.75, 3.05) is 6.61 Å². The van der Waals surface area contributed by atoms with Gasteiger partial charge in [-0.25, -0.2) is 9.37 Å². The summed E-state index contributed by atoms with van der Waals surface area (Å²) in [5, 5.41) is 1.41. The van der Waals surface area contributed by atoms with Crippen molar-refractivity contribution in [1.29, 1.82) is 0 Å². The lowest BCUT2D eigenvalue weighted by molar-refractivity contribution is 0.218. The predicted octanol–water partition coefficient (Wildman–Crippen LogP) is 7.43. The highest BCUT2D eigenvalue weighted by atomic mass is 32.2. The number of thioether (sulfide) groups is 1. The molecule has 188 valence electrons. The number of hydrogen-bond donors (Lipinski definition) is 0. The van der Waals surface area contributed by atoms with Crippen LogP contribution in [0.5, 0.6) is 5.75 Å². The second-order valence-corrected chi connectivity index (χ2v) is 12.4. The van der Waals surface area contributed by atoms with Gasteiger partial charge in [-0.3, -0.25) is 9.36 Å². The molecule has 1 atom stereocenters. The van der Waals surface area contributed by atoms with Gasteiger partial charge >= 0.3 is 0 Å². The number of halogens is 1. The molecule has 2 heterocycles. The number of nitrogens with zero attached hydrogens (tertiary/aromatic N) is 2. The molecule has 0 radical (unpaired) electrons. The van der Waals surface area contributed by atoms with Gasteiger partial charge in [0.1, 0.15) is 16.4 Å². The van der Waals surface area contributed by atoms with Crippen LogP contribution in [0.25, 0.3) is 15.9 Å². The summed E-state index contributed by atoms with van der Waals surface area (Å²) in [6.45, 7) is 9.44. The Morgan fingerprint density at radius 3 is 2.53 bits per heavy atom. The summed E-state index contributed by atoms with van der Waals surface area (Å²) >= 11 is 3.18. The maximum Gasteiger partial charge on any atom is 0.267 e. The molecule has 1 aliphatic carbocycles. The van der Waals surface area contributed by atoms with Crippen LogP contribution in [0.3, 0.4) is 0 Å². The third-order valence-electron chi connectivity index (χ3n) is 6.96. The molecule has 1 unspecified atom stereocenters. The van der Waals surface area contributed by atoms with E-state index in [1.807, 2.05) is 31.2 Å². The lowest BCUT2D eigenvalue weighted by Crippen LogP contribution is -2.27. The van der Waals surface area contributed by atoms with Crippen molar-refractivity contribution >= 4 is 33.3 Å². The Bertz CT molecular complexity index is 1430. The van der Waals surface area contributed by atoms with Crippen molar-refractivity contribution in [3.63, 3.8) is 0 Å². The number of benzene rings is 2. The molecule has 0 bridgehead atoms. The van der Waals surface area contributed by atoms with Gasteiger partial charge in [0.15, 0.2) is 5.16 Å². The summed E-state index contributed by atoms with van der Waals surface area (Å²) in [5.41, 5.74) is 3.15. The van der Waals surface area contributed by atoms with Crippen LogP contribution in [0, 0.1) is 17.2 Å². The maximum atomic E-state index is 14.1. The maximum absolute atomic E-state index is 14.1. The van der Waals surface area contributed by atoms with Crippen LogP contribution in [0.2, 0.25) is 0 Å². The minimum Gasteiger partial charge on any atom is -0.494 e. The summed E-state index contributed by atoms with van der Waals surface area (Å²) in [7, 11) is 0. The van der Waals surface area contributed by atoms with E-state index in [-0.39, 0.29) is 16.8 Å². The summed E-state index contributed by atoms with van der Waals surface area (Å²) in [5.74, 6) is 1.70. The number of fused-ring (bicyclic) bond motifs is 3. The van der Waals surface area contributed by atoms with Gasteiger partial charge in [0.25, 0.3) is 5.56 Å². The summed E-state index contributed by atoms with van der Waals surface area (Å²) < 4.78 is 20.7. The molecule has 0 N–H and O–H groups in total. The predicted molar refractivity (Wildman–Crippen MR) is 147 cm³/mol. The molecule has 0 saturated heterocycles. The largest absolute Gasteiger partial charge is 0.494 e. The Morgan fingerprint density at radius 2 is 1.86 bits per heavy atom. The van der Waals surface area contributed by atoms with Crippen molar-refractivity contribution in [2.45, 2.75) is 57.9 Å². The molecule has 36 heavy (non-hydrogen) atoms. The SMILES string of the molecule is CCOc1ccc(-n2c(SCc3ccc(F)cc3)nc3sc4c(c3c2=O)CCC(C(C)(C)C)C4)cc1. The lowest BCUT2D eigenvalue weighted by Gasteiger charge is -2.33. The third kappa shape index (κ3) is 4.96. The quantitative estimate of drug-likeness (QED) is 0.195. The van der Waals surface area contributed by atoms with Gasteiger partial charge < -0.3 is 4.74 Å². The van der Waals surface area contributed by atoms with Crippen molar-refractivity contribution in [1.82, 2.24) is 9.55 Å². The monoisotopic (exact) mass is 522 g/mol. The molecular weight excluding hydrogens is 491 g/mol. The first-order valence-electron chi connectivity index (χ1n) is 12.4. The van der Waals surface area contributed by atoms with E-state index in [0.717, 1.165) is 46.5 Å². The lowest BCUT2D eigenvalue weighted by atomic mass is 9.72. The van der Waals surface area contributed by atoms with Gasteiger partial charge in [0.2, 0.25) is 0 Å². The second-order valence-electron chi connectivity index (χ2n) is 10.4. The summed E-state index contributed by atoms with van der Waals surface area (Å²) in [6, 6.07) is 14.1.